The molecule has 1 heterocycles. The van der Waals surface area contributed by atoms with Crippen LogP contribution in [-0.4, -0.2) is 26.6 Å². The number of nitro benzene ring substituents is 1. The van der Waals surface area contributed by atoms with E-state index in [4.69, 9.17) is 4.74 Å². The average Bonchev–Trinajstić information content (AvgIpc) is 2.46. The highest BCUT2D eigenvalue weighted by Crippen LogP contribution is 2.30. The molecule has 2 aromatic rings. The van der Waals surface area contributed by atoms with Crippen molar-refractivity contribution < 1.29 is 14.5 Å². The van der Waals surface area contributed by atoms with Crippen LogP contribution >= 0.6 is 0 Å². The number of rotatable bonds is 3. The first-order valence-corrected chi connectivity index (χ1v) is 6.80. The van der Waals surface area contributed by atoms with Gasteiger partial charge in [-0.05, 0) is 32.4 Å². The van der Waals surface area contributed by atoms with Crippen LogP contribution in [0.1, 0.15) is 20.8 Å². The lowest BCUT2D eigenvalue weighted by atomic mass is 10.1. The molecular formula is C15H16N4O4. The maximum atomic E-state index is 11.8. The lowest BCUT2D eigenvalue weighted by Gasteiger charge is -2.19. The van der Waals surface area contributed by atoms with Gasteiger partial charge in [-0.25, -0.2) is 14.8 Å². The second-order valence-corrected chi connectivity index (χ2v) is 5.74. The molecule has 1 aromatic heterocycles. The minimum atomic E-state index is -0.753. The predicted molar refractivity (Wildman–Crippen MR) is 84.0 cm³/mol. The van der Waals surface area contributed by atoms with Crippen molar-refractivity contribution in [3.05, 3.63) is 47.0 Å². The number of hydrogen-bond donors (Lipinski definition) is 1. The monoisotopic (exact) mass is 316 g/mol. The van der Waals surface area contributed by atoms with E-state index in [1.54, 1.807) is 39.2 Å². The summed E-state index contributed by atoms with van der Waals surface area (Å²) in [5.74, 6) is 0. The first-order chi connectivity index (χ1) is 10.8. The number of hydrogen-bond acceptors (Lipinski definition) is 6. The SMILES string of the molecule is CC(C)(C)OC(=O)Nc1ccc(-c2cncnc2)cc1[N+](=O)[O-]. The number of amides is 1. The van der Waals surface area contributed by atoms with E-state index in [2.05, 4.69) is 15.3 Å². The molecule has 1 aromatic carbocycles. The molecule has 0 fully saturated rings. The largest absolute Gasteiger partial charge is 0.444 e. The molecule has 1 amide bonds. The molecule has 0 aliphatic heterocycles. The van der Waals surface area contributed by atoms with E-state index in [1.807, 2.05) is 0 Å². The zero-order valence-corrected chi connectivity index (χ0v) is 12.9. The third kappa shape index (κ3) is 4.47. The van der Waals surface area contributed by atoms with Gasteiger partial charge in [0.25, 0.3) is 5.69 Å². The van der Waals surface area contributed by atoms with E-state index >= 15 is 0 Å². The van der Waals surface area contributed by atoms with Crippen LogP contribution in [0.15, 0.2) is 36.9 Å². The number of nitrogens with zero attached hydrogens (tertiary/aromatic N) is 3. The second-order valence-electron chi connectivity index (χ2n) is 5.74. The maximum absolute atomic E-state index is 11.8. The minimum absolute atomic E-state index is 0.0600. The summed E-state index contributed by atoms with van der Waals surface area (Å²) in [6, 6.07) is 4.44. The summed E-state index contributed by atoms with van der Waals surface area (Å²) < 4.78 is 5.10. The Morgan fingerprint density at radius 3 is 2.43 bits per heavy atom. The number of nitro groups is 1. The van der Waals surface area contributed by atoms with Gasteiger partial charge in [0, 0.05) is 24.0 Å². The van der Waals surface area contributed by atoms with Crippen molar-refractivity contribution in [2.24, 2.45) is 0 Å². The van der Waals surface area contributed by atoms with Crippen molar-refractivity contribution in [2.75, 3.05) is 5.32 Å². The number of nitrogens with one attached hydrogen (secondary N) is 1. The molecule has 0 spiro atoms. The second kappa shape index (κ2) is 6.39. The fraction of sp³-hybridized carbons (Fsp3) is 0.267. The number of ether oxygens (including phenoxy) is 1. The Balaban J connectivity index is 2.31. The normalized spacial score (nSPS) is 10.9. The summed E-state index contributed by atoms with van der Waals surface area (Å²) >= 11 is 0. The Morgan fingerprint density at radius 1 is 1.22 bits per heavy atom. The van der Waals surface area contributed by atoms with E-state index in [0.29, 0.717) is 11.1 Å². The molecule has 0 unspecified atom stereocenters. The van der Waals surface area contributed by atoms with Crippen LogP contribution in [-0.2, 0) is 4.74 Å². The number of carbonyl (C=O) groups is 1. The standard InChI is InChI=1S/C15H16N4O4/c1-15(2,3)23-14(20)18-12-5-4-10(6-13(12)19(21)22)11-7-16-9-17-8-11/h4-9H,1-3H3,(H,18,20). The summed E-state index contributed by atoms with van der Waals surface area (Å²) in [5, 5.41) is 13.6. The lowest BCUT2D eigenvalue weighted by molar-refractivity contribution is -0.383. The Morgan fingerprint density at radius 2 is 1.87 bits per heavy atom. The summed E-state index contributed by atoms with van der Waals surface area (Å²) in [5.41, 5.74) is 0.341. The molecule has 2 rings (SSSR count). The van der Waals surface area contributed by atoms with Crippen molar-refractivity contribution in [3.63, 3.8) is 0 Å². The first-order valence-electron chi connectivity index (χ1n) is 6.80. The fourth-order valence-corrected chi connectivity index (χ4v) is 1.83. The molecule has 0 radical (unpaired) electrons. The molecule has 1 N–H and O–H groups in total. The fourth-order valence-electron chi connectivity index (χ4n) is 1.83. The highest BCUT2D eigenvalue weighted by atomic mass is 16.6. The minimum Gasteiger partial charge on any atom is -0.444 e. The van der Waals surface area contributed by atoms with E-state index in [-0.39, 0.29) is 11.4 Å². The zero-order chi connectivity index (χ0) is 17.0. The smallest absolute Gasteiger partial charge is 0.412 e. The summed E-state index contributed by atoms with van der Waals surface area (Å²) in [6.07, 6.45) is 3.72. The Kier molecular flexibility index (Phi) is 4.54. The van der Waals surface area contributed by atoms with Crippen LogP contribution in [0.3, 0.4) is 0 Å². The van der Waals surface area contributed by atoms with Gasteiger partial charge >= 0.3 is 6.09 Å². The van der Waals surface area contributed by atoms with Crippen molar-refractivity contribution in [1.82, 2.24) is 9.97 Å². The summed E-state index contributed by atoms with van der Waals surface area (Å²) in [7, 11) is 0. The van der Waals surface area contributed by atoms with Gasteiger partial charge in [0.05, 0.1) is 4.92 Å². The number of aromatic nitrogens is 2. The van der Waals surface area contributed by atoms with Crippen molar-refractivity contribution in [1.29, 1.82) is 0 Å². The maximum Gasteiger partial charge on any atom is 0.412 e. The van der Waals surface area contributed by atoms with Crippen LogP contribution < -0.4 is 5.32 Å². The molecule has 8 heteroatoms. The Hall–Kier alpha value is -3.03. The zero-order valence-electron chi connectivity index (χ0n) is 12.9. The number of carbonyl (C=O) groups excluding carboxylic acids is 1. The van der Waals surface area contributed by atoms with Gasteiger partial charge in [-0.15, -0.1) is 0 Å². The van der Waals surface area contributed by atoms with E-state index in [9.17, 15) is 14.9 Å². The third-order valence-corrected chi connectivity index (χ3v) is 2.72. The molecule has 0 saturated heterocycles. The highest BCUT2D eigenvalue weighted by Gasteiger charge is 2.21. The molecule has 0 aliphatic carbocycles. The lowest BCUT2D eigenvalue weighted by Crippen LogP contribution is -2.27. The first kappa shape index (κ1) is 16.3. The quantitative estimate of drug-likeness (QED) is 0.687. The van der Waals surface area contributed by atoms with E-state index in [1.165, 1.54) is 18.5 Å². The van der Waals surface area contributed by atoms with Gasteiger partial charge in [-0.2, -0.15) is 0 Å². The number of benzene rings is 1. The van der Waals surface area contributed by atoms with Crippen LogP contribution in [0.4, 0.5) is 16.2 Å². The molecular weight excluding hydrogens is 300 g/mol. The van der Waals surface area contributed by atoms with Gasteiger partial charge in [-0.1, -0.05) is 6.07 Å². The molecule has 23 heavy (non-hydrogen) atoms. The van der Waals surface area contributed by atoms with Crippen LogP contribution in [0.25, 0.3) is 11.1 Å². The van der Waals surface area contributed by atoms with Crippen molar-refractivity contribution >= 4 is 17.5 Å². The van der Waals surface area contributed by atoms with Crippen LogP contribution in [0.2, 0.25) is 0 Å². The Labute approximate surface area is 132 Å². The molecule has 8 nitrogen and oxygen atoms in total. The van der Waals surface area contributed by atoms with Crippen molar-refractivity contribution in [3.8, 4) is 11.1 Å². The number of anilines is 1. The van der Waals surface area contributed by atoms with Crippen LogP contribution in [0.5, 0.6) is 0 Å². The average molecular weight is 316 g/mol. The van der Waals surface area contributed by atoms with Gasteiger partial charge in [-0.3, -0.25) is 15.4 Å². The van der Waals surface area contributed by atoms with E-state index in [0.717, 1.165) is 0 Å². The molecule has 0 atom stereocenters. The Bertz CT molecular complexity index is 726. The highest BCUT2D eigenvalue weighted by molar-refractivity contribution is 5.89. The van der Waals surface area contributed by atoms with Crippen molar-refractivity contribution in [2.45, 2.75) is 26.4 Å². The van der Waals surface area contributed by atoms with Gasteiger partial charge in [0.2, 0.25) is 0 Å². The molecule has 0 saturated carbocycles. The van der Waals surface area contributed by atoms with Crippen LogP contribution in [0, 0.1) is 10.1 Å². The predicted octanol–water partition coefficient (Wildman–Crippen LogP) is 3.40. The topological polar surface area (TPSA) is 107 Å². The third-order valence-electron chi connectivity index (χ3n) is 2.72. The van der Waals surface area contributed by atoms with Gasteiger partial charge in [0.1, 0.15) is 17.6 Å². The summed E-state index contributed by atoms with van der Waals surface area (Å²) in [6.45, 7) is 5.12. The van der Waals surface area contributed by atoms with E-state index < -0.39 is 16.6 Å². The van der Waals surface area contributed by atoms with Gasteiger partial charge in [0.15, 0.2) is 0 Å². The molecule has 0 aliphatic rings. The summed E-state index contributed by atoms with van der Waals surface area (Å²) in [4.78, 5) is 30.2. The molecule has 120 valence electrons. The van der Waals surface area contributed by atoms with Gasteiger partial charge < -0.3 is 4.74 Å². The molecule has 0 bridgehead atoms.